The lowest BCUT2D eigenvalue weighted by molar-refractivity contribution is -0.119. The summed E-state index contributed by atoms with van der Waals surface area (Å²) >= 11 is 1.39. The molecule has 0 spiro atoms. The maximum atomic E-state index is 12.6. The zero-order valence-corrected chi connectivity index (χ0v) is 15.9. The fourth-order valence-electron chi connectivity index (χ4n) is 2.82. The second kappa shape index (κ2) is 7.82. The molecule has 0 radical (unpaired) electrons. The second-order valence-corrected chi connectivity index (χ2v) is 7.57. The van der Waals surface area contributed by atoms with E-state index in [1.54, 1.807) is 36.3 Å². The van der Waals surface area contributed by atoms with Gasteiger partial charge in [-0.2, -0.15) is 0 Å². The van der Waals surface area contributed by atoms with Crippen LogP contribution in [0.15, 0.2) is 24.3 Å². The summed E-state index contributed by atoms with van der Waals surface area (Å²) in [5.74, 6) is 0.479. The van der Waals surface area contributed by atoms with Crippen molar-refractivity contribution in [2.45, 2.75) is 26.2 Å². The van der Waals surface area contributed by atoms with Crippen LogP contribution in [0.5, 0.6) is 5.75 Å². The first kappa shape index (κ1) is 18.3. The molecule has 2 aromatic rings. The average Bonchev–Trinajstić information content (AvgIpc) is 3.30. The third-order valence-corrected chi connectivity index (χ3v) is 5.47. The van der Waals surface area contributed by atoms with E-state index in [-0.39, 0.29) is 23.7 Å². The molecule has 1 aliphatic rings. The highest BCUT2D eigenvalue weighted by molar-refractivity contribution is 7.15. The van der Waals surface area contributed by atoms with Gasteiger partial charge >= 0.3 is 0 Å². The minimum atomic E-state index is -0.240. The Morgan fingerprint density at radius 1 is 1.35 bits per heavy atom. The van der Waals surface area contributed by atoms with Crippen molar-refractivity contribution in [3.63, 3.8) is 0 Å². The molecule has 1 N–H and O–H groups in total. The first-order chi connectivity index (χ1) is 12.5. The second-order valence-electron chi connectivity index (χ2n) is 6.56. The van der Waals surface area contributed by atoms with Crippen LogP contribution in [0, 0.1) is 5.92 Å². The topological polar surface area (TPSA) is 84.4 Å². The quantitative estimate of drug-likeness (QED) is 0.870. The van der Waals surface area contributed by atoms with Crippen molar-refractivity contribution in [1.82, 2.24) is 15.1 Å². The van der Waals surface area contributed by atoms with E-state index in [1.807, 2.05) is 13.8 Å². The van der Waals surface area contributed by atoms with Crippen molar-refractivity contribution in [3.8, 4) is 5.75 Å². The smallest absolute Gasteiger partial charge is 0.254 e. The molecule has 0 aliphatic carbocycles. The van der Waals surface area contributed by atoms with Gasteiger partial charge in [-0.05, 0) is 24.6 Å². The van der Waals surface area contributed by atoms with Crippen LogP contribution in [-0.4, -0.2) is 47.1 Å². The Bertz CT molecular complexity index is 805. The van der Waals surface area contributed by atoms with Crippen LogP contribution < -0.4 is 10.1 Å². The highest BCUT2D eigenvalue weighted by atomic mass is 32.1. The number of aromatic nitrogens is 2. The van der Waals surface area contributed by atoms with Crippen molar-refractivity contribution in [2.24, 2.45) is 5.92 Å². The molecule has 1 atom stereocenters. The molecule has 1 fully saturated rings. The van der Waals surface area contributed by atoms with Crippen LogP contribution in [0.25, 0.3) is 0 Å². The number of nitrogens with one attached hydrogen (secondary N) is 1. The standard InChI is InChI=1S/C18H22N4O3S/c1-11(2)16-20-21-18(26-16)19-15(23)13-7-8-22(10-13)17(24)12-5-4-6-14(9-12)25-3/h4-6,9,11,13H,7-8,10H2,1-3H3,(H,19,21,23). The number of anilines is 1. The highest BCUT2D eigenvalue weighted by Gasteiger charge is 2.32. The number of ether oxygens (including phenoxy) is 1. The monoisotopic (exact) mass is 374 g/mol. The minimum Gasteiger partial charge on any atom is -0.497 e. The summed E-state index contributed by atoms with van der Waals surface area (Å²) in [4.78, 5) is 26.8. The Labute approximate surface area is 156 Å². The van der Waals surface area contributed by atoms with Crippen molar-refractivity contribution < 1.29 is 14.3 Å². The van der Waals surface area contributed by atoms with E-state index in [4.69, 9.17) is 4.74 Å². The lowest BCUT2D eigenvalue weighted by atomic mass is 10.1. The third kappa shape index (κ3) is 4.01. The fourth-order valence-corrected chi connectivity index (χ4v) is 3.57. The molecule has 1 aromatic heterocycles. The molecular formula is C18H22N4O3S. The lowest BCUT2D eigenvalue weighted by Gasteiger charge is -2.16. The zero-order valence-electron chi connectivity index (χ0n) is 15.1. The van der Waals surface area contributed by atoms with E-state index in [0.717, 1.165) is 5.01 Å². The number of hydrogen-bond acceptors (Lipinski definition) is 6. The summed E-state index contributed by atoms with van der Waals surface area (Å²) in [6.07, 6.45) is 0.636. The van der Waals surface area contributed by atoms with Crippen LogP contribution in [0.1, 0.15) is 41.6 Å². The molecule has 2 heterocycles. The zero-order chi connectivity index (χ0) is 18.7. The van der Waals surface area contributed by atoms with Crippen molar-refractivity contribution in [1.29, 1.82) is 0 Å². The van der Waals surface area contributed by atoms with Gasteiger partial charge in [-0.3, -0.25) is 9.59 Å². The number of benzene rings is 1. The molecule has 8 heteroatoms. The predicted molar refractivity (Wildman–Crippen MR) is 99.6 cm³/mol. The van der Waals surface area contributed by atoms with Gasteiger partial charge in [0.25, 0.3) is 5.91 Å². The summed E-state index contributed by atoms with van der Waals surface area (Å²) in [5, 5.41) is 12.3. The molecule has 0 bridgehead atoms. The fraction of sp³-hybridized carbons (Fsp3) is 0.444. The largest absolute Gasteiger partial charge is 0.497 e. The van der Waals surface area contributed by atoms with Gasteiger partial charge < -0.3 is 15.0 Å². The number of carbonyl (C=O) groups excluding carboxylic acids is 2. The predicted octanol–water partition coefficient (Wildman–Crippen LogP) is 2.77. The number of amides is 2. The summed E-state index contributed by atoms with van der Waals surface area (Å²) in [5.41, 5.74) is 0.566. The summed E-state index contributed by atoms with van der Waals surface area (Å²) < 4.78 is 5.17. The van der Waals surface area contributed by atoms with Gasteiger partial charge in [0.05, 0.1) is 13.0 Å². The molecule has 0 saturated carbocycles. The van der Waals surface area contributed by atoms with E-state index in [1.165, 1.54) is 11.3 Å². The molecule has 1 aliphatic heterocycles. The normalized spacial score (nSPS) is 16.8. The highest BCUT2D eigenvalue weighted by Crippen LogP contribution is 2.25. The van der Waals surface area contributed by atoms with Gasteiger partial charge in [0.1, 0.15) is 10.8 Å². The van der Waals surface area contributed by atoms with Crippen LogP contribution in [0.4, 0.5) is 5.13 Å². The Morgan fingerprint density at radius 2 is 2.15 bits per heavy atom. The van der Waals surface area contributed by atoms with Gasteiger partial charge in [0.2, 0.25) is 11.0 Å². The number of rotatable bonds is 5. The van der Waals surface area contributed by atoms with Crippen LogP contribution >= 0.6 is 11.3 Å². The molecule has 1 aromatic carbocycles. The number of hydrogen-bond donors (Lipinski definition) is 1. The van der Waals surface area contributed by atoms with E-state index < -0.39 is 0 Å². The Hall–Kier alpha value is -2.48. The van der Waals surface area contributed by atoms with E-state index in [9.17, 15) is 9.59 Å². The summed E-state index contributed by atoms with van der Waals surface area (Å²) in [6, 6.07) is 7.05. The number of likely N-dealkylation sites (tertiary alicyclic amines) is 1. The van der Waals surface area contributed by atoms with E-state index in [0.29, 0.717) is 36.0 Å². The molecule has 7 nitrogen and oxygen atoms in total. The van der Waals surface area contributed by atoms with Crippen molar-refractivity contribution >= 4 is 28.3 Å². The van der Waals surface area contributed by atoms with Crippen LogP contribution in [0.3, 0.4) is 0 Å². The SMILES string of the molecule is COc1cccc(C(=O)N2CCC(C(=O)Nc3nnc(C(C)C)s3)C2)c1. The Balaban J connectivity index is 1.60. The molecular weight excluding hydrogens is 352 g/mol. The third-order valence-electron chi connectivity index (χ3n) is 4.33. The Kier molecular flexibility index (Phi) is 5.51. The van der Waals surface area contributed by atoms with E-state index >= 15 is 0 Å². The summed E-state index contributed by atoms with van der Waals surface area (Å²) in [7, 11) is 1.57. The molecule has 2 amide bonds. The van der Waals surface area contributed by atoms with Gasteiger partial charge in [-0.1, -0.05) is 31.3 Å². The molecule has 1 saturated heterocycles. The maximum absolute atomic E-state index is 12.6. The first-order valence-corrected chi connectivity index (χ1v) is 9.37. The van der Waals surface area contributed by atoms with Gasteiger partial charge in [-0.15, -0.1) is 10.2 Å². The van der Waals surface area contributed by atoms with Gasteiger partial charge in [0.15, 0.2) is 0 Å². The summed E-state index contributed by atoms with van der Waals surface area (Å²) in [6.45, 7) is 5.02. The van der Waals surface area contributed by atoms with Crippen molar-refractivity contribution in [3.05, 3.63) is 34.8 Å². The number of methoxy groups -OCH3 is 1. The lowest BCUT2D eigenvalue weighted by Crippen LogP contribution is -2.31. The van der Waals surface area contributed by atoms with Crippen molar-refractivity contribution in [2.75, 3.05) is 25.5 Å². The average molecular weight is 374 g/mol. The Morgan fingerprint density at radius 3 is 2.85 bits per heavy atom. The van der Waals surface area contributed by atoms with Crippen LogP contribution in [-0.2, 0) is 4.79 Å². The van der Waals surface area contributed by atoms with Gasteiger partial charge in [0, 0.05) is 24.6 Å². The van der Waals surface area contributed by atoms with Crippen LogP contribution in [0.2, 0.25) is 0 Å². The number of nitrogens with zero attached hydrogens (tertiary/aromatic N) is 3. The van der Waals surface area contributed by atoms with E-state index in [2.05, 4.69) is 15.5 Å². The molecule has 26 heavy (non-hydrogen) atoms. The molecule has 3 rings (SSSR count). The van der Waals surface area contributed by atoms with Gasteiger partial charge in [-0.25, -0.2) is 0 Å². The maximum Gasteiger partial charge on any atom is 0.254 e. The first-order valence-electron chi connectivity index (χ1n) is 8.55. The molecule has 138 valence electrons. The minimum absolute atomic E-state index is 0.0859. The molecule has 1 unspecified atom stereocenters. The number of carbonyl (C=O) groups is 2.